The van der Waals surface area contributed by atoms with Gasteiger partial charge in [0.2, 0.25) is 5.91 Å². The van der Waals surface area contributed by atoms with E-state index in [9.17, 15) is 4.79 Å². The summed E-state index contributed by atoms with van der Waals surface area (Å²) in [5.41, 5.74) is 2.68. The molecule has 0 radical (unpaired) electrons. The standard InChI is InChI=1S/C21H19BrN2O2/c22-19-11-4-5-12-20(19)23-14-21(25)24-17-9-6-10-18(13-17)26-15-16-7-2-1-3-8-16/h1-13,23H,14-15H2,(H,24,25). The summed E-state index contributed by atoms with van der Waals surface area (Å²) >= 11 is 3.45. The van der Waals surface area contributed by atoms with Gasteiger partial charge < -0.3 is 15.4 Å². The maximum Gasteiger partial charge on any atom is 0.243 e. The van der Waals surface area contributed by atoms with Gasteiger partial charge in [-0.25, -0.2) is 0 Å². The van der Waals surface area contributed by atoms with E-state index in [0.717, 1.165) is 15.7 Å². The van der Waals surface area contributed by atoms with Gasteiger partial charge in [-0.2, -0.15) is 0 Å². The first-order valence-electron chi connectivity index (χ1n) is 8.26. The van der Waals surface area contributed by atoms with Crippen LogP contribution in [-0.4, -0.2) is 12.5 Å². The fraction of sp³-hybridized carbons (Fsp3) is 0.0952. The first kappa shape index (κ1) is 18.0. The maximum absolute atomic E-state index is 12.2. The van der Waals surface area contributed by atoms with E-state index in [2.05, 4.69) is 26.6 Å². The molecule has 26 heavy (non-hydrogen) atoms. The van der Waals surface area contributed by atoms with Crippen molar-refractivity contribution in [1.29, 1.82) is 0 Å². The van der Waals surface area contributed by atoms with Gasteiger partial charge in [-0.05, 0) is 45.8 Å². The molecule has 0 saturated carbocycles. The molecule has 3 aromatic carbocycles. The van der Waals surface area contributed by atoms with Crippen molar-refractivity contribution in [2.75, 3.05) is 17.2 Å². The van der Waals surface area contributed by atoms with E-state index in [1.54, 1.807) is 0 Å². The van der Waals surface area contributed by atoms with E-state index >= 15 is 0 Å². The quantitative estimate of drug-likeness (QED) is 0.570. The number of hydrogen-bond donors (Lipinski definition) is 2. The minimum absolute atomic E-state index is 0.124. The molecule has 1 amide bonds. The molecule has 132 valence electrons. The predicted molar refractivity (Wildman–Crippen MR) is 108 cm³/mol. The third kappa shape index (κ3) is 5.36. The average Bonchev–Trinajstić information content (AvgIpc) is 2.67. The topological polar surface area (TPSA) is 50.4 Å². The number of carbonyl (C=O) groups is 1. The highest BCUT2D eigenvalue weighted by Gasteiger charge is 2.05. The SMILES string of the molecule is O=C(CNc1ccccc1Br)Nc1cccc(OCc2ccccc2)c1. The van der Waals surface area contributed by atoms with Crippen LogP contribution in [-0.2, 0) is 11.4 Å². The Labute approximate surface area is 161 Å². The fourth-order valence-electron chi connectivity index (χ4n) is 2.39. The number of hydrogen-bond acceptors (Lipinski definition) is 3. The molecule has 0 bridgehead atoms. The molecule has 0 aliphatic heterocycles. The number of benzene rings is 3. The van der Waals surface area contributed by atoms with Crippen LogP contribution in [0.4, 0.5) is 11.4 Å². The normalized spacial score (nSPS) is 10.2. The number of amides is 1. The van der Waals surface area contributed by atoms with Crippen LogP contribution in [0.1, 0.15) is 5.56 Å². The second kappa shape index (κ2) is 9.06. The molecule has 4 nitrogen and oxygen atoms in total. The van der Waals surface area contributed by atoms with Gasteiger partial charge in [-0.3, -0.25) is 4.79 Å². The van der Waals surface area contributed by atoms with Crippen LogP contribution in [0, 0.1) is 0 Å². The smallest absolute Gasteiger partial charge is 0.243 e. The molecule has 3 rings (SSSR count). The molecule has 0 unspecified atom stereocenters. The molecule has 0 saturated heterocycles. The Hall–Kier alpha value is -2.79. The van der Waals surface area contributed by atoms with E-state index in [1.807, 2.05) is 78.9 Å². The summed E-state index contributed by atoms with van der Waals surface area (Å²) in [6.07, 6.45) is 0. The first-order chi connectivity index (χ1) is 12.7. The lowest BCUT2D eigenvalue weighted by Crippen LogP contribution is -2.21. The summed E-state index contributed by atoms with van der Waals surface area (Å²) in [6, 6.07) is 25.0. The lowest BCUT2D eigenvalue weighted by atomic mass is 10.2. The number of carbonyl (C=O) groups excluding carboxylic acids is 1. The van der Waals surface area contributed by atoms with Crippen molar-refractivity contribution < 1.29 is 9.53 Å². The van der Waals surface area contributed by atoms with Crippen molar-refractivity contribution in [1.82, 2.24) is 0 Å². The third-order valence-corrected chi connectivity index (χ3v) is 4.37. The summed E-state index contributed by atoms with van der Waals surface area (Å²) in [5, 5.41) is 5.98. The van der Waals surface area contributed by atoms with E-state index in [1.165, 1.54) is 0 Å². The Balaban J connectivity index is 1.53. The Morgan fingerprint density at radius 1 is 0.923 bits per heavy atom. The van der Waals surface area contributed by atoms with Crippen LogP contribution in [0.5, 0.6) is 5.75 Å². The Morgan fingerprint density at radius 2 is 1.69 bits per heavy atom. The second-order valence-corrected chi connectivity index (χ2v) is 6.54. The highest BCUT2D eigenvalue weighted by atomic mass is 79.9. The summed E-state index contributed by atoms with van der Waals surface area (Å²) in [7, 11) is 0. The zero-order valence-electron chi connectivity index (χ0n) is 14.1. The number of halogens is 1. The minimum atomic E-state index is -0.124. The molecule has 0 fully saturated rings. The third-order valence-electron chi connectivity index (χ3n) is 3.68. The van der Waals surface area contributed by atoms with Crippen molar-refractivity contribution in [3.63, 3.8) is 0 Å². The molecule has 0 aliphatic rings. The van der Waals surface area contributed by atoms with Gasteiger partial charge >= 0.3 is 0 Å². The summed E-state index contributed by atoms with van der Waals surface area (Å²) < 4.78 is 6.71. The van der Waals surface area contributed by atoms with Crippen molar-refractivity contribution in [3.05, 3.63) is 88.9 Å². The monoisotopic (exact) mass is 410 g/mol. The van der Waals surface area contributed by atoms with Gasteiger partial charge in [0.25, 0.3) is 0 Å². The lowest BCUT2D eigenvalue weighted by molar-refractivity contribution is -0.114. The number of anilines is 2. The molecular weight excluding hydrogens is 392 g/mol. The summed E-state index contributed by atoms with van der Waals surface area (Å²) in [6.45, 7) is 0.666. The minimum Gasteiger partial charge on any atom is -0.489 e. The first-order valence-corrected chi connectivity index (χ1v) is 9.05. The van der Waals surface area contributed by atoms with Crippen molar-refractivity contribution in [3.8, 4) is 5.75 Å². The summed E-state index contributed by atoms with van der Waals surface area (Å²) in [5.74, 6) is 0.589. The van der Waals surface area contributed by atoms with Gasteiger partial charge in [0.1, 0.15) is 12.4 Å². The van der Waals surface area contributed by atoms with E-state index in [0.29, 0.717) is 18.0 Å². The van der Waals surface area contributed by atoms with Crippen LogP contribution < -0.4 is 15.4 Å². The molecule has 0 heterocycles. The lowest BCUT2D eigenvalue weighted by Gasteiger charge is -2.11. The van der Waals surface area contributed by atoms with Crippen molar-refractivity contribution in [2.24, 2.45) is 0 Å². The van der Waals surface area contributed by atoms with E-state index < -0.39 is 0 Å². The number of nitrogens with one attached hydrogen (secondary N) is 2. The van der Waals surface area contributed by atoms with Crippen LogP contribution >= 0.6 is 15.9 Å². The van der Waals surface area contributed by atoms with Crippen molar-refractivity contribution in [2.45, 2.75) is 6.61 Å². The maximum atomic E-state index is 12.2. The predicted octanol–water partition coefficient (Wildman–Crippen LogP) is 5.08. The second-order valence-electron chi connectivity index (χ2n) is 5.68. The van der Waals surface area contributed by atoms with Crippen molar-refractivity contribution >= 4 is 33.2 Å². The molecule has 5 heteroatoms. The Morgan fingerprint density at radius 3 is 2.50 bits per heavy atom. The number of ether oxygens (including phenoxy) is 1. The average molecular weight is 411 g/mol. The van der Waals surface area contributed by atoms with Crippen LogP contribution in [0.25, 0.3) is 0 Å². The zero-order chi connectivity index (χ0) is 18.2. The van der Waals surface area contributed by atoms with Crippen LogP contribution in [0.3, 0.4) is 0 Å². The van der Waals surface area contributed by atoms with Crippen LogP contribution in [0.2, 0.25) is 0 Å². The zero-order valence-corrected chi connectivity index (χ0v) is 15.7. The fourth-order valence-corrected chi connectivity index (χ4v) is 2.81. The van der Waals surface area contributed by atoms with Gasteiger partial charge in [-0.1, -0.05) is 48.5 Å². The number of rotatable bonds is 7. The molecular formula is C21H19BrN2O2. The van der Waals surface area contributed by atoms with Gasteiger partial charge in [0.05, 0.1) is 6.54 Å². The van der Waals surface area contributed by atoms with E-state index in [-0.39, 0.29) is 12.5 Å². The van der Waals surface area contributed by atoms with Gasteiger partial charge in [-0.15, -0.1) is 0 Å². The molecule has 0 atom stereocenters. The van der Waals surface area contributed by atoms with Gasteiger partial charge in [0, 0.05) is 21.9 Å². The molecule has 2 N–H and O–H groups in total. The van der Waals surface area contributed by atoms with E-state index in [4.69, 9.17) is 4.74 Å². The summed E-state index contributed by atoms with van der Waals surface area (Å²) in [4.78, 5) is 12.2. The highest BCUT2D eigenvalue weighted by molar-refractivity contribution is 9.10. The van der Waals surface area contributed by atoms with Gasteiger partial charge in [0.15, 0.2) is 0 Å². The molecule has 3 aromatic rings. The Bertz CT molecular complexity index is 869. The largest absolute Gasteiger partial charge is 0.489 e. The van der Waals surface area contributed by atoms with Crippen LogP contribution in [0.15, 0.2) is 83.3 Å². The highest BCUT2D eigenvalue weighted by Crippen LogP contribution is 2.21. The Kier molecular flexibility index (Phi) is 6.28. The number of para-hydroxylation sites is 1. The molecule has 0 spiro atoms. The molecule has 0 aliphatic carbocycles. The molecule has 0 aromatic heterocycles.